The molecule has 1 saturated heterocycles. The summed E-state index contributed by atoms with van der Waals surface area (Å²) in [4.78, 5) is 2.34. The number of hydrogen-bond acceptors (Lipinski definition) is 4. The van der Waals surface area contributed by atoms with Crippen LogP contribution in [0.5, 0.6) is 0 Å². The van der Waals surface area contributed by atoms with Crippen LogP contribution >= 0.6 is 0 Å². The normalized spacial score (nSPS) is 18.2. The largest absolute Gasteiger partial charge is 0.361 e. The lowest BCUT2D eigenvalue weighted by atomic mass is 9.98. The molecule has 0 atom stereocenters. The lowest BCUT2D eigenvalue weighted by Crippen LogP contribution is -2.34. The van der Waals surface area contributed by atoms with E-state index in [-0.39, 0.29) is 0 Å². The Bertz CT molecular complexity index is 318. The third kappa shape index (κ3) is 3.32. The van der Waals surface area contributed by atoms with Gasteiger partial charge in [-0.3, -0.25) is 0 Å². The van der Waals surface area contributed by atoms with Gasteiger partial charge in [-0.25, -0.2) is 0 Å². The molecule has 2 rings (SSSR count). The van der Waals surface area contributed by atoms with E-state index in [1.165, 1.54) is 25.9 Å². The van der Waals surface area contributed by atoms with Crippen LogP contribution in [0.1, 0.15) is 24.3 Å². The predicted molar refractivity (Wildman–Crippen MR) is 63.2 cm³/mol. The molecule has 0 amide bonds. The molecule has 1 aliphatic heterocycles. The van der Waals surface area contributed by atoms with Crippen LogP contribution in [0.15, 0.2) is 10.6 Å². The van der Waals surface area contributed by atoms with Crippen molar-refractivity contribution in [1.29, 1.82) is 0 Å². The Balaban J connectivity index is 1.77. The summed E-state index contributed by atoms with van der Waals surface area (Å²) in [5.41, 5.74) is 1.04. The molecule has 2 heterocycles. The number of nitrogens with zero attached hydrogens (tertiary/aromatic N) is 2. The lowest BCUT2D eigenvalue weighted by molar-refractivity contribution is 0.229. The van der Waals surface area contributed by atoms with E-state index in [1.807, 2.05) is 13.0 Å². The van der Waals surface area contributed by atoms with Crippen LogP contribution < -0.4 is 5.32 Å². The Hall–Kier alpha value is -0.870. The fourth-order valence-corrected chi connectivity index (χ4v) is 2.34. The number of aryl methyl sites for hydroxylation is 1. The van der Waals surface area contributed by atoms with E-state index in [0.717, 1.165) is 30.5 Å². The van der Waals surface area contributed by atoms with Gasteiger partial charge in [-0.15, -0.1) is 0 Å². The minimum Gasteiger partial charge on any atom is -0.361 e. The monoisotopic (exact) mass is 223 g/mol. The van der Waals surface area contributed by atoms with Crippen LogP contribution in [-0.2, 0) is 6.54 Å². The van der Waals surface area contributed by atoms with Gasteiger partial charge in [0.05, 0.1) is 5.69 Å². The van der Waals surface area contributed by atoms with E-state index in [9.17, 15) is 0 Å². The molecule has 0 radical (unpaired) electrons. The Morgan fingerprint density at radius 2 is 2.25 bits per heavy atom. The van der Waals surface area contributed by atoms with Gasteiger partial charge in [-0.2, -0.15) is 0 Å². The van der Waals surface area contributed by atoms with Gasteiger partial charge in [-0.1, -0.05) is 5.16 Å². The molecule has 1 N–H and O–H groups in total. The van der Waals surface area contributed by atoms with E-state index >= 15 is 0 Å². The van der Waals surface area contributed by atoms with E-state index in [2.05, 4.69) is 22.4 Å². The standard InChI is InChI=1S/C12H21N3O/c1-10-7-12(14-16-10)9-15(2)8-11-3-5-13-6-4-11/h7,11,13H,3-6,8-9H2,1-2H3. The average molecular weight is 223 g/mol. The molecule has 1 aromatic heterocycles. The summed E-state index contributed by atoms with van der Waals surface area (Å²) in [6, 6.07) is 2.01. The fourth-order valence-electron chi connectivity index (χ4n) is 2.34. The van der Waals surface area contributed by atoms with Crippen molar-refractivity contribution in [2.75, 3.05) is 26.7 Å². The quantitative estimate of drug-likeness (QED) is 0.838. The van der Waals surface area contributed by atoms with Crippen LogP contribution in [0.4, 0.5) is 0 Å². The molecule has 1 fully saturated rings. The smallest absolute Gasteiger partial charge is 0.133 e. The van der Waals surface area contributed by atoms with Crippen molar-refractivity contribution in [2.45, 2.75) is 26.3 Å². The molecule has 0 bridgehead atoms. The Labute approximate surface area is 97.0 Å². The highest BCUT2D eigenvalue weighted by atomic mass is 16.5. The van der Waals surface area contributed by atoms with Gasteiger partial charge < -0.3 is 14.7 Å². The summed E-state index contributed by atoms with van der Waals surface area (Å²) in [5.74, 6) is 1.73. The molecule has 0 aliphatic carbocycles. The summed E-state index contributed by atoms with van der Waals surface area (Å²) in [6.45, 7) is 6.32. The second-order valence-electron chi connectivity index (χ2n) is 4.82. The summed E-state index contributed by atoms with van der Waals surface area (Å²) in [6.07, 6.45) is 2.59. The van der Waals surface area contributed by atoms with Gasteiger partial charge in [0.1, 0.15) is 5.76 Å². The Morgan fingerprint density at radius 3 is 2.88 bits per heavy atom. The van der Waals surface area contributed by atoms with Gasteiger partial charge in [0.2, 0.25) is 0 Å². The van der Waals surface area contributed by atoms with Crippen LogP contribution in [0.2, 0.25) is 0 Å². The Kier molecular flexibility index (Phi) is 3.96. The van der Waals surface area contributed by atoms with Gasteiger partial charge in [-0.05, 0) is 45.8 Å². The first-order valence-electron chi connectivity index (χ1n) is 6.05. The van der Waals surface area contributed by atoms with Crippen molar-refractivity contribution in [3.8, 4) is 0 Å². The number of piperidine rings is 1. The van der Waals surface area contributed by atoms with Crippen molar-refractivity contribution in [2.24, 2.45) is 5.92 Å². The molecular weight excluding hydrogens is 202 g/mol. The third-order valence-electron chi connectivity index (χ3n) is 3.14. The van der Waals surface area contributed by atoms with Crippen LogP contribution in [0.3, 0.4) is 0 Å². The average Bonchev–Trinajstić information content (AvgIpc) is 2.65. The summed E-state index contributed by atoms with van der Waals surface area (Å²) >= 11 is 0. The minimum atomic E-state index is 0.833. The summed E-state index contributed by atoms with van der Waals surface area (Å²) < 4.78 is 5.07. The molecular formula is C12H21N3O. The summed E-state index contributed by atoms with van der Waals surface area (Å²) in [5, 5.41) is 7.41. The second-order valence-corrected chi connectivity index (χ2v) is 4.82. The van der Waals surface area contributed by atoms with E-state index in [1.54, 1.807) is 0 Å². The molecule has 0 unspecified atom stereocenters. The van der Waals surface area contributed by atoms with E-state index < -0.39 is 0 Å². The molecule has 1 aliphatic rings. The van der Waals surface area contributed by atoms with Gasteiger partial charge in [0, 0.05) is 19.2 Å². The Morgan fingerprint density at radius 1 is 1.50 bits per heavy atom. The number of nitrogens with one attached hydrogen (secondary N) is 1. The van der Waals surface area contributed by atoms with Gasteiger partial charge >= 0.3 is 0 Å². The zero-order valence-corrected chi connectivity index (χ0v) is 10.2. The van der Waals surface area contributed by atoms with E-state index in [0.29, 0.717) is 0 Å². The van der Waals surface area contributed by atoms with Crippen LogP contribution in [-0.4, -0.2) is 36.7 Å². The molecule has 0 aromatic carbocycles. The van der Waals surface area contributed by atoms with Gasteiger partial charge in [0.25, 0.3) is 0 Å². The second kappa shape index (κ2) is 5.46. The lowest BCUT2D eigenvalue weighted by Gasteiger charge is -2.26. The third-order valence-corrected chi connectivity index (χ3v) is 3.14. The van der Waals surface area contributed by atoms with Crippen LogP contribution in [0, 0.1) is 12.8 Å². The maximum absolute atomic E-state index is 5.07. The van der Waals surface area contributed by atoms with Crippen molar-refractivity contribution < 1.29 is 4.52 Å². The van der Waals surface area contributed by atoms with Crippen molar-refractivity contribution in [3.63, 3.8) is 0 Å². The number of aromatic nitrogens is 1. The molecule has 4 nitrogen and oxygen atoms in total. The molecule has 0 spiro atoms. The zero-order valence-electron chi connectivity index (χ0n) is 10.2. The maximum atomic E-state index is 5.07. The molecule has 90 valence electrons. The first kappa shape index (κ1) is 11.6. The molecule has 0 saturated carbocycles. The first-order valence-corrected chi connectivity index (χ1v) is 6.05. The molecule has 4 heteroatoms. The van der Waals surface area contributed by atoms with Crippen molar-refractivity contribution in [1.82, 2.24) is 15.4 Å². The van der Waals surface area contributed by atoms with Gasteiger partial charge in [0.15, 0.2) is 0 Å². The minimum absolute atomic E-state index is 0.833. The molecule has 16 heavy (non-hydrogen) atoms. The number of hydrogen-bond donors (Lipinski definition) is 1. The van der Waals surface area contributed by atoms with E-state index in [4.69, 9.17) is 4.52 Å². The first-order chi connectivity index (χ1) is 7.74. The van der Waals surface area contributed by atoms with Crippen LogP contribution in [0.25, 0.3) is 0 Å². The zero-order chi connectivity index (χ0) is 11.4. The molecule has 1 aromatic rings. The predicted octanol–water partition coefficient (Wildman–Crippen LogP) is 1.41. The highest BCUT2D eigenvalue weighted by Gasteiger charge is 2.15. The highest BCUT2D eigenvalue weighted by molar-refractivity contribution is 5.03. The maximum Gasteiger partial charge on any atom is 0.133 e. The summed E-state index contributed by atoms with van der Waals surface area (Å²) in [7, 11) is 2.16. The highest BCUT2D eigenvalue weighted by Crippen LogP contribution is 2.14. The SMILES string of the molecule is Cc1cc(CN(C)CC2CCNCC2)no1. The number of rotatable bonds is 4. The topological polar surface area (TPSA) is 41.3 Å². The fraction of sp³-hybridized carbons (Fsp3) is 0.750. The van der Waals surface area contributed by atoms with Crippen molar-refractivity contribution >= 4 is 0 Å². The van der Waals surface area contributed by atoms with Crippen molar-refractivity contribution in [3.05, 3.63) is 17.5 Å².